The third-order valence-corrected chi connectivity index (χ3v) is 4.08. The molecule has 0 radical (unpaired) electrons. The topological polar surface area (TPSA) is 58.6 Å². The molecule has 2 N–H and O–H groups in total. The van der Waals surface area contributed by atoms with Crippen molar-refractivity contribution in [3.8, 4) is 0 Å². The van der Waals surface area contributed by atoms with Crippen molar-refractivity contribution in [2.75, 3.05) is 20.3 Å². The highest BCUT2D eigenvalue weighted by atomic mass is 16.5. The molecule has 0 aromatic heterocycles. The fourth-order valence-electron chi connectivity index (χ4n) is 3.02. The summed E-state index contributed by atoms with van der Waals surface area (Å²) in [4.78, 5) is 12.0. The average Bonchev–Trinajstić information content (AvgIpc) is 2.48. The molecule has 2 unspecified atom stereocenters. The number of aliphatic hydroxyl groups is 1. The molecule has 0 bridgehead atoms. The standard InChI is InChI=1S/C17H25NO3/c1-21-12-15(19)9-10-18-17(20)11-14-7-4-6-13-5-2-3-8-16(13)14/h2-3,5,8,14-15,19H,4,6-7,9-12H2,1H3,(H,18,20). The molecule has 1 amide bonds. The number of hydrogen-bond acceptors (Lipinski definition) is 3. The molecule has 0 saturated heterocycles. The Kier molecular flexibility index (Phi) is 6.21. The molecule has 2 atom stereocenters. The maximum absolute atomic E-state index is 12.0. The van der Waals surface area contributed by atoms with Crippen LogP contribution in [-0.2, 0) is 16.0 Å². The maximum Gasteiger partial charge on any atom is 0.220 e. The van der Waals surface area contributed by atoms with E-state index in [-0.39, 0.29) is 5.91 Å². The first kappa shape index (κ1) is 16.0. The number of methoxy groups -OCH3 is 1. The van der Waals surface area contributed by atoms with Gasteiger partial charge in [0.25, 0.3) is 0 Å². The number of carbonyl (C=O) groups is 1. The Morgan fingerprint density at radius 1 is 1.48 bits per heavy atom. The lowest BCUT2D eigenvalue weighted by atomic mass is 9.81. The molecule has 116 valence electrons. The summed E-state index contributed by atoms with van der Waals surface area (Å²) in [5.41, 5.74) is 2.72. The van der Waals surface area contributed by atoms with Gasteiger partial charge in [0.15, 0.2) is 0 Å². The minimum absolute atomic E-state index is 0.0707. The summed E-state index contributed by atoms with van der Waals surface area (Å²) >= 11 is 0. The molecule has 0 fully saturated rings. The van der Waals surface area contributed by atoms with Crippen LogP contribution in [0.25, 0.3) is 0 Å². The molecule has 1 aliphatic carbocycles. The second kappa shape index (κ2) is 8.15. The van der Waals surface area contributed by atoms with Crippen LogP contribution in [0.15, 0.2) is 24.3 Å². The normalized spacial score (nSPS) is 18.9. The highest BCUT2D eigenvalue weighted by Gasteiger charge is 2.22. The van der Waals surface area contributed by atoms with Crippen LogP contribution in [0.1, 0.15) is 42.7 Å². The number of aryl methyl sites for hydroxylation is 1. The SMILES string of the molecule is COCC(O)CCNC(=O)CC1CCCc2ccccc21. The number of hydrogen-bond donors (Lipinski definition) is 2. The molecule has 21 heavy (non-hydrogen) atoms. The fraction of sp³-hybridized carbons (Fsp3) is 0.588. The monoisotopic (exact) mass is 291 g/mol. The summed E-state index contributed by atoms with van der Waals surface area (Å²) in [6, 6.07) is 8.43. The van der Waals surface area contributed by atoms with Gasteiger partial charge in [-0.15, -0.1) is 0 Å². The van der Waals surface area contributed by atoms with Gasteiger partial charge in [0, 0.05) is 20.1 Å². The van der Waals surface area contributed by atoms with Gasteiger partial charge in [-0.3, -0.25) is 4.79 Å². The first-order chi connectivity index (χ1) is 10.2. The molecule has 0 spiro atoms. The highest BCUT2D eigenvalue weighted by Crippen LogP contribution is 2.33. The average molecular weight is 291 g/mol. The third-order valence-electron chi connectivity index (χ3n) is 4.08. The van der Waals surface area contributed by atoms with Crippen molar-refractivity contribution < 1.29 is 14.6 Å². The molecule has 1 aromatic carbocycles. The largest absolute Gasteiger partial charge is 0.391 e. The van der Waals surface area contributed by atoms with E-state index in [2.05, 4.69) is 29.6 Å². The Balaban J connectivity index is 1.79. The van der Waals surface area contributed by atoms with Gasteiger partial charge in [-0.2, -0.15) is 0 Å². The smallest absolute Gasteiger partial charge is 0.220 e. The van der Waals surface area contributed by atoms with Crippen molar-refractivity contribution >= 4 is 5.91 Å². The van der Waals surface area contributed by atoms with Crippen molar-refractivity contribution in [3.05, 3.63) is 35.4 Å². The molecular formula is C17H25NO3. The predicted octanol–water partition coefficient (Wildman–Crippen LogP) is 2.01. The van der Waals surface area contributed by atoms with Crippen LogP contribution in [0, 0.1) is 0 Å². The maximum atomic E-state index is 12.0. The van der Waals surface area contributed by atoms with Crippen molar-refractivity contribution in [3.63, 3.8) is 0 Å². The van der Waals surface area contributed by atoms with Crippen LogP contribution in [-0.4, -0.2) is 37.4 Å². The first-order valence-electron chi connectivity index (χ1n) is 7.72. The molecule has 0 saturated carbocycles. The molecule has 0 heterocycles. The van der Waals surface area contributed by atoms with E-state index >= 15 is 0 Å². The van der Waals surface area contributed by atoms with Gasteiger partial charge in [0.1, 0.15) is 0 Å². The van der Waals surface area contributed by atoms with Gasteiger partial charge in [0.2, 0.25) is 5.91 Å². The van der Waals surface area contributed by atoms with E-state index in [1.165, 1.54) is 11.1 Å². The van der Waals surface area contributed by atoms with Crippen LogP contribution in [0.3, 0.4) is 0 Å². The summed E-state index contributed by atoms with van der Waals surface area (Å²) in [7, 11) is 1.56. The number of ether oxygens (including phenoxy) is 1. The van der Waals surface area contributed by atoms with E-state index in [0.717, 1.165) is 19.3 Å². The Morgan fingerprint density at radius 2 is 2.29 bits per heavy atom. The van der Waals surface area contributed by atoms with Crippen LogP contribution in [0.2, 0.25) is 0 Å². The second-order valence-electron chi connectivity index (χ2n) is 5.74. The van der Waals surface area contributed by atoms with Crippen LogP contribution < -0.4 is 5.32 Å². The highest BCUT2D eigenvalue weighted by molar-refractivity contribution is 5.77. The minimum atomic E-state index is -0.509. The number of amides is 1. The molecule has 4 nitrogen and oxygen atoms in total. The van der Waals surface area contributed by atoms with E-state index in [1.807, 2.05) is 0 Å². The summed E-state index contributed by atoms with van der Waals surface area (Å²) in [6.07, 6.45) is 3.92. The van der Waals surface area contributed by atoms with Crippen molar-refractivity contribution in [2.24, 2.45) is 0 Å². The van der Waals surface area contributed by atoms with Gasteiger partial charge in [-0.25, -0.2) is 0 Å². The lowest BCUT2D eigenvalue weighted by molar-refractivity contribution is -0.121. The number of fused-ring (bicyclic) bond motifs is 1. The molecular weight excluding hydrogens is 266 g/mol. The van der Waals surface area contributed by atoms with E-state index in [0.29, 0.717) is 31.9 Å². The summed E-state index contributed by atoms with van der Waals surface area (Å²) in [5.74, 6) is 0.403. The van der Waals surface area contributed by atoms with Crippen molar-refractivity contribution in [1.29, 1.82) is 0 Å². The molecule has 1 aromatic rings. The zero-order valence-corrected chi connectivity index (χ0v) is 12.7. The van der Waals surface area contributed by atoms with Gasteiger partial charge >= 0.3 is 0 Å². The van der Waals surface area contributed by atoms with Crippen LogP contribution in [0.4, 0.5) is 0 Å². The number of benzene rings is 1. The van der Waals surface area contributed by atoms with E-state index < -0.39 is 6.10 Å². The summed E-state index contributed by atoms with van der Waals surface area (Å²) < 4.78 is 4.86. The number of aliphatic hydroxyl groups excluding tert-OH is 1. The third kappa shape index (κ3) is 4.83. The van der Waals surface area contributed by atoms with Crippen LogP contribution >= 0.6 is 0 Å². The minimum Gasteiger partial charge on any atom is -0.391 e. The summed E-state index contributed by atoms with van der Waals surface area (Å²) in [5, 5.41) is 12.4. The molecule has 1 aliphatic rings. The lowest BCUT2D eigenvalue weighted by Crippen LogP contribution is -2.30. The van der Waals surface area contributed by atoms with Crippen molar-refractivity contribution in [2.45, 2.75) is 44.1 Å². The Morgan fingerprint density at radius 3 is 3.10 bits per heavy atom. The Hall–Kier alpha value is -1.39. The molecule has 0 aliphatic heterocycles. The summed E-state index contributed by atoms with van der Waals surface area (Å²) in [6.45, 7) is 0.809. The van der Waals surface area contributed by atoms with Crippen LogP contribution in [0.5, 0.6) is 0 Å². The van der Waals surface area contributed by atoms with Gasteiger partial charge < -0.3 is 15.2 Å². The zero-order chi connectivity index (χ0) is 15.1. The molecule has 4 heteroatoms. The number of nitrogens with one attached hydrogen (secondary N) is 1. The van der Waals surface area contributed by atoms with Gasteiger partial charge in [-0.1, -0.05) is 24.3 Å². The number of rotatable bonds is 7. The lowest BCUT2D eigenvalue weighted by Gasteiger charge is -2.25. The number of carbonyl (C=O) groups excluding carboxylic acids is 1. The Labute approximate surface area is 126 Å². The fourth-order valence-corrected chi connectivity index (χ4v) is 3.02. The van der Waals surface area contributed by atoms with Gasteiger partial charge in [-0.05, 0) is 42.7 Å². The second-order valence-corrected chi connectivity index (χ2v) is 5.74. The Bertz CT molecular complexity index is 461. The predicted molar refractivity (Wildman–Crippen MR) is 82.2 cm³/mol. The van der Waals surface area contributed by atoms with E-state index in [1.54, 1.807) is 7.11 Å². The molecule has 2 rings (SSSR count). The van der Waals surface area contributed by atoms with Crippen molar-refractivity contribution in [1.82, 2.24) is 5.32 Å². The van der Waals surface area contributed by atoms with Gasteiger partial charge in [0.05, 0.1) is 12.7 Å². The first-order valence-corrected chi connectivity index (χ1v) is 7.72. The van der Waals surface area contributed by atoms with E-state index in [4.69, 9.17) is 4.74 Å². The zero-order valence-electron chi connectivity index (χ0n) is 12.7. The quantitative estimate of drug-likeness (QED) is 0.808. The van der Waals surface area contributed by atoms with E-state index in [9.17, 15) is 9.90 Å².